The molecule has 32 heavy (non-hydrogen) atoms. The van der Waals surface area contributed by atoms with Crippen LogP contribution < -0.4 is 33.1 Å². The molecule has 2 aromatic carbocycles. The van der Waals surface area contributed by atoms with Gasteiger partial charge in [0.25, 0.3) is 0 Å². The fourth-order valence-electron chi connectivity index (χ4n) is 4.16. The summed E-state index contributed by atoms with van der Waals surface area (Å²) in [6.45, 7) is 12.8. The third-order valence-electron chi connectivity index (χ3n) is 5.16. The second-order valence-corrected chi connectivity index (χ2v) is 8.25. The van der Waals surface area contributed by atoms with Gasteiger partial charge in [0.2, 0.25) is 12.7 Å². The van der Waals surface area contributed by atoms with E-state index < -0.39 is 0 Å². The van der Waals surface area contributed by atoms with Crippen molar-refractivity contribution in [3.8, 4) is 11.4 Å². The Morgan fingerprint density at radius 1 is 0.594 bits per heavy atom. The topological polar surface area (TPSA) is 17.6 Å². The van der Waals surface area contributed by atoms with Gasteiger partial charge in [-0.1, -0.05) is 35.4 Å². The maximum absolute atomic E-state index is 3.23. The molecule has 174 valence electrons. The Bertz CT molecular complexity index is 1050. The van der Waals surface area contributed by atoms with E-state index in [4.69, 9.17) is 0 Å². The molecule has 0 aliphatic rings. The summed E-state index contributed by atoms with van der Waals surface area (Å²) in [5.74, 6) is 0. The number of benzene rings is 2. The molecular weight excluding hydrogens is 603 g/mol. The summed E-state index contributed by atoms with van der Waals surface area (Å²) < 4.78 is 7.95. The maximum atomic E-state index is 3.23. The minimum absolute atomic E-state index is 0. The molecule has 4 aromatic rings. The Labute approximate surface area is 225 Å². The average molecular weight is 635 g/mol. The molecule has 0 aliphatic carbocycles. The number of hydrogen-bond donors (Lipinski definition) is 0. The van der Waals surface area contributed by atoms with Crippen molar-refractivity contribution in [2.24, 2.45) is 14.1 Å². The molecule has 6 heteroatoms. The van der Waals surface area contributed by atoms with Crippen LogP contribution in [0.5, 0.6) is 0 Å². The monoisotopic (exact) mass is 634 g/mol. The van der Waals surface area contributed by atoms with E-state index in [1.807, 2.05) is 57.2 Å². The molecule has 0 saturated heterocycles. The van der Waals surface area contributed by atoms with Crippen LogP contribution in [0.2, 0.25) is 0 Å². The number of nitrogens with zero attached hydrogens (tertiary/aromatic N) is 4. The molecule has 2 heterocycles. The summed E-state index contributed by atoms with van der Waals surface area (Å²) in [7, 11) is 3.96. The van der Waals surface area contributed by atoms with Gasteiger partial charge < -0.3 is 42.2 Å². The second-order valence-electron chi connectivity index (χ2n) is 8.25. The molecule has 4 rings (SSSR count). The zero-order chi connectivity index (χ0) is 22.0. The maximum Gasteiger partial charge on any atom is 1.00 e. The Morgan fingerprint density at radius 3 is 1.09 bits per heavy atom. The average Bonchev–Trinajstić information content (AvgIpc) is 3.22. The van der Waals surface area contributed by atoms with Gasteiger partial charge in [-0.3, -0.25) is 0 Å². The van der Waals surface area contributed by atoms with Gasteiger partial charge in [0.05, 0.1) is 25.5 Å². The van der Waals surface area contributed by atoms with E-state index >= 15 is 0 Å². The van der Waals surface area contributed by atoms with Gasteiger partial charge in [0.1, 0.15) is 0 Å². The van der Waals surface area contributed by atoms with Crippen LogP contribution in [0.3, 0.4) is 0 Å². The summed E-state index contributed by atoms with van der Waals surface area (Å²) in [6, 6.07) is 8.82. The zero-order valence-corrected chi connectivity index (χ0v) is 23.7. The van der Waals surface area contributed by atoms with Crippen LogP contribution in [0.1, 0.15) is 33.4 Å². The molecule has 0 N–H and O–H groups in total. The number of aromatic nitrogens is 4. The van der Waals surface area contributed by atoms with Crippen molar-refractivity contribution in [1.82, 2.24) is 9.13 Å². The molecule has 0 bridgehead atoms. The largest absolute Gasteiger partial charge is 1.00 e. The molecule has 0 saturated carbocycles. The first-order valence-corrected chi connectivity index (χ1v) is 10.2. The molecular formula is C26H32AgIN4. The van der Waals surface area contributed by atoms with Gasteiger partial charge in [-0.15, -0.1) is 0 Å². The summed E-state index contributed by atoms with van der Waals surface area (Å²) in [5.41, 5.74) is 10.3. The Balaban J connectivity index is 0.000000301. The van der Waals surface area contributed by atoms with Gasteiger partial charge in [0, 0.05) is 24.8 Å². The fourth-order valence-corrected chi connectivity index (χ4v) is 4.16. The quantitative estimate of drug-likeness (QED) is 0.136. The summed E-state index contributed by atoms with van der Waals surface area (Å²) in [6.07, 6.45) is 14.5. The molecule has 0 amide bonds. The third kappa shape index (κ3) is 6.67. The number of hydrogen-bond acceptors (Lipinski definition) is 0. The number of halogens is 1. The normalized spacial score (nSPS) is 10.0. The first-order valence-electron chi connectivity index (χ1n) is 10.2. The predicted molar refractivity (Wildman–Crippen MR) is 120 cm³/mol. The number of imidazole rings is 2. The Kier molecular flexibility index (Phi) is 10.6. The van der Waals surface area contributed by atoms with Crippen molar-refractivity contribution >= 4 is 0 Å². The van der Waals surface area contributed by atoms with Gasteiger partial charge in [0.15, 0.2) is 0 Å². The standard InChI is InChI=1S/2C13H16N2.Ag.HI/c2*1-10-7-11(2)13(12(3)8-10)15-6-5-14(4)9-15;;/h2*5-8H,1-4H3;;1H/q;;+1;/p-1. The molecule has 4 nitrogen and oxygen atoms in total. The van der Waals surface area contributed by atoms with E-state index in [9.17, 15) is 0 Å². The van der Waals surface area contributed by atoms with Crippen LogP contribution in [0.25, 0.3) is 11.4 Å². The zero-order valence-electron chi connectivity index (χ0n) is 20.1. The van der Waals surface area contributed by atoms with Crippen molar-refractivity contribution in [3.05, 3.63) is 95.1 Å². The van der Waals surface area contributed by atoms with Crippen molar-refractivity contribution < 1.29 is 55.5 Å². The summed E-state index contributed by atoms with van der Waals surface area (Å²) in [4.78, 5) is 0. The molecule has 2 aromatic heterocycles. The summed E-state index contributed by atoms with van der Waals surface area (Å²) in [5, 5.41) is 0. The molecule has 0 aliphatic heterocycles. The second kappa shape index (κ2) is 12.0. The minimum atomic E-state index is 0. The van der Waals surface area contributed by atoms with E-state index in [1.165, 1.54) is 44.8 Å². The van der Waals surface area contributed by atoms with Gasteiger partial charge in [-0.2, -0.15) is 0 Å². The van der Waals surface area contributed by atoms with Crippen molar-refractivity contribution in [1.29, 1.82) is 0 Å². The first-order chi connectivity index (χ1) is 14.2. The van der Waals surface area contributed by atoms with Crippen LogP contribution in [0.4, 0.5) is 0 Å². The molecule has 0 atom stereocenters. The van der Waals surface area contributed by atoms with Crippen molar-refractivity contribution in [3.63, 3.8) is 0 Å². The van der Waals surface area contributed by atoms with E-state index in [0.29, 0.717) is 0 Å². The van der Waals surface area contributed by atoms with Crippen LogP contribution >= 0.6 is 0 Å². The third-order valence-corrected chi connectivity index (χ3v) is 5.16. The van der Waals surface area contributed by atoms with E-state index in [1.54, 1.807) is 0 Å². The van der Waals surface area contributed by atoms with Gasteiger partial charge in [-0.25, -0.2) is 0 Å². The minimum Gasteiger partial charge on any atom is -1.00 e. The molecule has 0 fully saturated rings. The molecule has 0 spiro atoms. The van der Waals surface area contributed by atoms with Crippen LogP contribution in [-0.2, 0) is 36.5 Å². The molecule has 0 radical (unpaired) electrons. The summed E-state index contributed by atoms with van der Waals surface area (Å²) >= 11 is 0. The van der Waals surface area contributed by atoms with Crippen LogP contribution in [0, 0.1) is 54.2 Å². The smallest absolute Gasteiger partial charge is 1.00 e. The Morgan fingerprint density at radius 2 is 0.875 bits per heavy atom. The number of aryl methyl sites for hydroxylation is 8. The van der Waals surface area contributed by atoms with Crippen molar-refractivity contribution in [2.75, 3.05) is 0 Å². The van der Waals surface area contributed by atoms with Crippen LogP contribution in [0.15, 0.2) is 49.1 Å². The van der Waals surface area contributed by atoms with E-state index in [0.717, 1.165) is 0 Å². The van der Waals surface area contributed by atoms with E-state index in [2.05, 4.69) is 78.5 Å². The van der Waals surface area contributed by atoms with Gasteiger partial charge in [-0.05, 0) is 63.8 Å². The molecule has 0 unspecified atom stereocenters. The number of rotatable bonds is 2. The van der Waals surface area contributed by atoms with Crippen molar-refractivity contribution in [2.45, 2.75) is 41.5 Å². The van der Waals surface area contributed by atoms with E-state index in [-0.39, 0.29) is 46.4 Å². The fraction of sp³-hybridized carbons (Fsp3) is 0.308. The SMILES string of the molecule is Cc1cc(C)c(-[n+]2[c-]n(C)cc2)c(C)c1.Cc1cc(C)c(-[n+]2[c-]n(C)cc2)c(C)c1.[Ag+].[I-]. The first kappa shape index (κ1) is 28.4. The predicted octanol–water partition coefficient (Wildman–Crippen LogP) is 1.06. The van der Waals surface area contributed by atoms with Crippen LogP contribution in [-0.4, -0.2) is 9.13 Å². The van der Waals surface area contributed by atoms with Gasteiger partial charge >= 0.3 is 22.4 Å². The Hall–Kier alpha value is -1.67.